The summed E-state index contributed by atoms with van der Waals surface area (Å²) in [5.74, 6) is -0.365. The Morgan fingerprint density at radius 3 is 2.16 bits per heavy atom. The van der Waals surface area contributed by atoms with Gasteiger partial charge in [0.05, 0.1) is 17.7 Å². The molecule has 9 heteroatoms. The minimum absolute atomic E-state index is 0.0489. The molecule has 0 radical (unpaired) electrons. The summed E-state index contributed by atoms with van der Waals surface area (Å²) in [6.45, 7) is 5.15. The molecule has 1 N–H and O–H groups in total. The number of amides is 2. The van der Waals surface area contributed by atoms with Crippen molar-refractivity contribution < 1.29 is 22.7 Å². The molecule has 0 fully saturated rings. The zero-order valence-corrected chi connectivity index (χ0v) is 23.0. The number of hydrogen-bond donors (Lipinski definition) is 1. The van der Waals surface area contributed by atoms with Gasteiger partial charge >= 0.3 is 0 Å². The number of sulfonamides is 1. The highest BCUT2D eigenvalue weighted by atomic mass is 32.2. The maximum atomic E-state index is 13.9. The third kappa shape index (κ3) is 7.13. The van der Waals surface area contributed by atoms with Crippen LogP contribution in [-0.2, 0) is 26.2 Å². The van der Waals surface area contributed by atoms with E-state index in [0.29, 0.717) is 5.75 Å². The van der Waals surface area contributed by atoms with Gasteiger partial charge in [0.25, 0.3) is 10.0 Å². The van der Waals surface area contributed by atoms with E-state index in [9.17, 15) is 18.0 Å². The van der Waals surface area contributed by atoms with Gasteiger partial charge in [0.2, 0.25) is 11.8 Å². The molecule has 0 unspecified atom stereocenters. The Morgan fingerprint density at radius 2 is 1.55 bits per heavy atom. The van der Waals surface area contributed by atoms with Crippen molar-refractivity contribution in [2.75, 3.05) is 18.0 Å². The van der Waals surface area contributed by atoms with Crippen molar-refractivity contribution in [1.29, 1.82) is 0 Å². The Bertz CT molecular complexity index is 1320. The van der Waals surface area contributed by atoms with E-state index >= 15 is 0 Å². The Balaban J connectivity index is 2.02. The van der Waals surface area contributed by atoms with Crippen LogP contribution in [0.4, 0.5) is 5.69 Å². The van der Waals surface area contributed by atoms with Crippen molar-refractivity contribution >= 4 is 27.5 Å². The second kappa shape index (κ2) is 13.1. The van der Waals surface area contributed by atoms with Crippen LogP contribution in [0.25, 0.3) is 0 Å². The van der Waals surface area contributed by atoms with E-state index in [4.69, 9.17) is 4.74 Å². The monoisotopic (exact) mass is 537 g/mol. The fraction of sp³-hybridized carbons (Fsp3) is 0.310. The van der Waals surface area contributed by atoms with Gasteiger partial charge in [-0.05, 0) is 50.1 Å². The third-order valence-electron chi connectivity index (χ3n) is 6.32. The normalized spacial score (nSPS) is 12.7. The second-order valence-electron chi connectivity index (χ2n) is 9.03. The van der Waals surface area contributed by atoms with Crippen LogP contribution in [0.5, 0.6) is 5.75 Å². The first-order chi connectivity index (χ1) is 18.2. The van der Waals surface area contributed by atoms with Gasteiger partial charge in [-0.1, -0.05) is 61.5 Å². The molecule has 38 heavy (non-hydrogen) atoms. The van der Waals surface area contributed by atoms with E-state index in [-0.39, 0.29) is 29.1 Å². The van der Waals surface area contributed by atoms with Crippen molar-refractivity contribution in [3.05, 3.63) is 90.5 Å². The number of rotatable bonds is 12. The fourth-order valence-corrected chi connectivity index (χ4v) is 5.27. The summed E-state index contributed by atoms with van der Waals surface area (Å²) in [6, 6.07) is 22.9. The maximum absolute atomic E-state index is 13.9. The minimum Gasteiger partial charge on any atom is -0.497 e. The van der Waals surface area contributed by atoms with Crippen LogP contribution in [0.15, 0.2) is 89.8 Å². The van der Waals surface area contributed by atoms with Gasteiger partial charge in [0.1, 0.15) is 18.3 Å². The molecule has 2 atom stereocenters. The van der Waals surface area contributed by atoms with Crippen molar-refractivity contribution in [3.8, 4) is 5.75 Å². The number of hydrogen-bond acceptors (Lipinski definition) is 5. The van der Waals surface area contributed by atoms with Gasteiger partial charge in [-0.2, -0.15) is 0 Å². The highest BCUT2D eigenvalue weighted by molar-refractivity contribution is 7.92. The lowest BCUT2D eigenvalue weighted by molar-refractivity contribution is -0.139. The number of benzene rings is 3. The van der Waals surface area contributed by atoms with Gasteiger partial charge in [-0.15, -0.1) is 0 Å². The zero-order chi connectivity index (χ0) is 27.7. The lowest BCUT2D eigenvalue weighted by Gasteiger charge is -2.32. The molecular formula is C29H35N3O5S. The van der Waals surface area contributed by atoms with Crippen molar-refractivity contribution in [2.45, 2.75) is 50.7 Å². The van der Waals surface area contributed by atoms with Crippen LogP contribution in [-0.4, -0.2) is 50.9 Å². The number of carbonyl (C=O) groups is 2. The van der Waals surface area contributed by atoms with E-state index in [2.05, 4.69) is 5.32 Å². The third-order valence-corrected chi connectivity index (χ3v) is 8.10. The predicted octanol–water partition coefficient (Wildman–Crippen LogP) is 4.22. The summed E-state index contributed by atoms with van der Waals surface area (Å²) in [5.41, 5.74) is 1.10. The molecule has 202 valence electrons. The van der Waals surface area contributed by atoms with Gasteiger partial charge in [0, 0.05) is 18.7 Å². The topological polar surface area (TPSA) is 96.0 Å². The van der Waals surface area contributed by atoms with E-state index in [0.717, 1.165) is 16.3 Å². The number of anilines is 1. The molecule has 8 nitrogen and oxygen atoms in total. The van der Waals surface area contributed by atoms with Crippen LogP contribution in [0.1, 0.15) is 32.8 Å². The SMILES string of the molecule is CC[C@H](C)NC(=O)[C@@H](C)N(Cc1ccccc1)C(=O)CN(c1cccc(OC)c1)S(=O)(=O)c1ccccc1. The van der Waals surface area contributed by atoms with Gasteiger partial charge in [0.15, 0.2) is 0 Å². The Morgan fingerprint density at radius 1 is 0.921 bits per heavy atom. The number of nitrogens with one attached hydrogen (secondary N) is 1. The molecule has 0 aromatic heterocycles. The molecule has 2 amide bonds. The molecule has 0 saturated carbocycles. The minimum atomic E-state index is -4.12. The summed E-state index contributed by atoms with van der Waals surface area (Å²) in [5, 5.41) is 2.93. The van der Waals surface area contributed by atoms with Crippen LogP contribution in [0.2, 0.25) is 0 Å². The van der Waals surface area contributed by atoms with Crippen LogP contribution < -0.4 is 14.4 Å². The van der Waals surface area contributed by atoms with Gasteiger partial charge in [-0.25, -0.2) is 8.42 Å². The molecule has 0 saturated heterocycles. The highest BCUT2D eigenvalue weighted by Crippen LogP contribution is 2.27. The van der Waals surface area contributed by atoms with Gasteiger partial charge < -0.3 is 15.0 Å². The number of nitrogens with zero attached hydrogens (tertiary/aromatic N) is 2. The predicted molar refractivity (Wildman–Crippen MR) is 148 cm³/mol. The molecule has 0 bridgehead atoms. The van der Waals surface area contributed by atoms with Gasteiger partial charge in [-0.3, -0.25) is 13.9 Å². The summed E-state index contributed by atoms with van der Waals surface area (Å²) in [4.78, 5) is 28.4. The molecule has 3 rings (SSSR count). The summed E-state index contributed by atoms with van der Waals surface area (Å²) < 4.78 is 33.9. The highest BCUT2D eigenvalue weighted by Gasteiger charge is 2.32. The molecule has 0 spiro atoms. The molecule has 3 aromatic rings. The quantitative estimate of drug-likeness (QED) is 0.373. The summed E-state index contributed by atoms with van der Waals surface area (Å²) in [6.07, 6.45) is 0.740. The number of methoxy groups -OCH3 is 1. The average Bonchev–Trinajstić information content (AvgIpc) is 2.94. The van der Waals surface area contributed by atoms with E-state index < -0.39 is 28.5 Å². The largest absolute Gasteiger partial charge is 0.497 e. The smallest absolute Gasteiger partial charge is 0.264 e. The van der Waals surface area contributed by atoms with E-state index in [1.54, 1.807) is 49.4 Å². The molecular weight excluding hydrogens is 502 g/mol. The maximum Gasteiger partial charge on any atom is 0.264 e. The van der Waals surface area contributed by atoms with Crippen molar-refractivity contribution in [2.24, 2.45) is 0 Å². The van der Waals surface area contributed by atoms with Crippen LogP contribution in [0, 0.1) is 0 Å². The standard InChI is InChI=1S/C29H35N3O5S/c1-5-22(2)30-29(34)23(3)31(20-24-13-8-6-9-14-24)28(33)21-32(25-15-12-16-26(19-25)37-4)38(35,36)27-17-10-7-11-18-27/h6-19,22-23H,5,20-21H2,1-4H3,(H,30,34)/t22-,23+/m0/s1. The zero-order valence-electron chi connectivity index (χ0n) is 22.2. The first-order valence-corrected chi connectivity index (χ1v) is 14.0. The van der Waals surface area contributed by atoms with Crippen LogP contribution in [0.3, 0.4) is 0 Å². The van der Waals surface area contributed by atoms with Crippen molar-refractivity contribution in [3.63, 3.8) is 0 Å². The van der Waals surface area contributed by atoms with E-state index in [1.807, 2.05) is 44.2 Å². The number of ether oxygens (including phenoxy) is 1. The fourth-order valence-electron chi connectivity index (χ4n) is 3.84. The molecule has 0 aliphatic rings. The van der Waals surface area contributed by atoms with E-state index in [1.165, 1.54) is 24.1 Å². The Hall–Kier alpha value is -3.85. The first kappa shape index (κ1) is 28.7. The van der Waals surface area contributed by atoms with Crippen LogP contribution >= 0.6 is 0 Å². The molecule has 0 heterocycles. The Kier molecular flexibility index (Phi) is 9.90. The summed E-state index contributed by atoms with van der Waals surface area (Å²) in [7, 11) is -2.63. The molecule has 0 aliphatic heterocycles. The summed E-state index contributed by atoms with van der Waals surface area (Å²) >= 11 is 0. The van der Waals surface area contributed by atoms with Crippen molar-refractivity contribution in [1.82, 2.24) is 10.2 Å². The molecule has 0 aliphatic carbocycles. The Labute approximate surface area is 225 Å². The second-order valence-corrected chi connectivity index (χ2v) is 10.9. The lowest BCUT2D eigenvalue weighted by Crippen LogP contribution is -2.52. The average molecular weight is 538 g/mol. The molecule has 3 aromatic carbocycles. The lowest BCUT2D eigenvalue weighted by atomic mass is 10.1. The number of carbonyl (C=O) groups excluding carboxylic acids is 2. The first-order valence-electron chi connectivity index (χ1n) is 12.5.